The Morgan fingerprint density at radius 2 is 1.70 bits per heavy atom. The predicted molar refractivity (Wildman–Crippen MR) is 102 cm³/mol. The zero-order chi connectivity index (χ0) is 21.9. The average molecular weight is 424 g/mol. The first kappa shape index (κ1) is 21.6. The highest BCUT2D eigenvalue weighted by atomic mass is 16.7. The van der Waals surface area contributed by atoms with E-state index in [-0.39, 0.29) is 17.8 Å². The number of aliphatic hydroxyl groups is 5. The van der Waals surface area contributed by atoms with Crippen molar-refractivity contribution in [1.82, 2.24) is 0 Å². The topological polar surface area (TPSA) is 146 Å². The van der Waals surface area contributed by atoms with Crippen LogP contribution in [0.15, 0.2) is 36.5 Å². The number of carbonyl (C=O) groups is 1. The number of aliphatic hydroxyl groups excluding tert-OH is 5. The lowest BCUT2D eigenvalue weighted by atomic mass is 9.82. The van der Waals surface area contributed by atoms with E-state index in [4.69, 9.17) is 14.2 Å². The van der Waals surface area contributed by atoms with Crippen LogP contribution in [0.1, 0.15) is 12.8 Å². The van der Waals surface area contributed by atoms with Crippen LogP contribution in [0.2, 0.25) is 0 Å². The van der Waals surface area contributed by atoms with E-state index in [2.05, 4.69) is 19.7 Å². The normalized spacial score (nSPS) is 48.9. The molecule has 4 aliphatic rings. The van der Waals surface area contributed by atoms with E-state index < -0.39 is 61.6 Å². The summed E-state index contributed by atoms with van der Waals surface area (Å²) in [6, 6.07) is 0. The smallest absolute Gasteiger partial charge is 0.334 e. The minimum absolute atomic E-state index is 0.268. The molecule has 2 aliphatic heterocycles. The van der Waals surface area contributed by atoms with Crippen LogP contribution in [0.5, 0.6) is 0 Å². The maximum absolute atomic E-state index is 12.1. The van der Waals surface area contributed by atoms with Gasteiger partial charge in [0.25, 0.3) is 0 Å². The third-order valence-corrected chi connectivity index (χ3v) is 6.99. The molecule has 0 unspecified atom stereocenters. The second-order valence-electron chi connectivity index (χ2n) is 8.59. The molecule has 2 heterocycles. The molecule has 0 amide bonds. The lowest BCUT2D eigenvalue weighted by Gasteiger charge is -2.41. The number of esters is 1. The summed E-state index contributed by atoms with van der Waals surface area (Å²) >= 11 is 0. The van der Waals surface area contributed by atoms with Gasteiger partial charge in [0.2, 0.25) is 0 Å². The molecule has 166 valence electrons. The summed E-state index contributed by atoms with van der Waals surface area (Å²) in [5, 5.41) is 50.2. The van der Waals surface area contributed by atoms with Crippen molar-refractivity contribution in [3.8, 4) is 0 Å². The lowest BCUT2D eigenvalue weighted by molar-refractivity contribution is -0.298. The highest BCUT2D eigenvalue weighted by Crippen LogP contribution is 2.53. The van der Waals surface area contributed by atoms with Gasteiger partial charge in [0.1, 0.15) is 30.5 Å². The zero-order valence-electron chi connectivity index (χ0n) is 16.5. The van der Waals surface area contributed by atoms with Crippen LogP contribution in [-0.2, 0) is 19.0 Å². The molecule has 30 heavy (non-hydrogen) atoms. The van der Waals surface area contributed by atoms with Gasteiger partial charge in [0.05, 0.1) is 18.8 Å². The standard InChI is InChI=1S/C21H28O9/c1-7-10-5-13(28-19-14(6-22)29-21(27)17(25)16(19)24)9(3)15(10)18-11(4-12(7)23)8(2)20(26)30-18/h10-19,21-25,27H,1-6H2/t10-,11-,12-,13-,14-,15-,16-,17-,18-,19+,21-/m0/s1. The molecule has 0 aromatic rings. The van der Waals surface area contributed by atoms with Gasteiger partial charge in [-0.15, -0.1) is 0 Å². The summed E-state index contributed by atoms with van der Waals surface area (Å²) in [7, 11) is 0. The van der Waals surface area contributed by atoms with Crippen molar-refractivity contribution < 1.29 is 44.5 Å². The summed E-state index contributed by atoms with van der Waals surface area (Å²) < 4.78 is 16.8. The van der Waals surface area contributed by atoms with Crippen LogP contribution in [0, 0.1) is 17.8 Å². The average Bonchev–Trinajstić information content (AvgIpc) is 3.14. The fourth-order valence-electron chi connectivity index (χ4n) is 5.26. The molecule has 0 radical (unpaired) electrons. The summed E-state index contributed by atoms with van der Waals surface area (Å²) in [4.78, 5) is 12.1. The van der Waals surface area contributed by atoms with Gasteiger partial charge >= 0.3 is 5.97 Å². The minimum Gasteiger partial charge on any atom is -0.458 e. The largest absolute Gasteiger partial charge is 0.458 e. The molecule has 2 aliphatic carbocycles. The van der Waals surface area contributed by atoms with E-state index in [1.54, 1.807) is 0 Å². The third kappa shape index (κ3) is 3.25. The van der Waals surface area contributed by atoms with Crippen LogP contribution in [0.3, 0.4) is 0 Å². The molecular formula is C21H28O9. The van der Waals surface area contributed by atoms with Crippen LogP contribution >= 0.6 is 0 Å². The van der Waals surface area contributed by atoms with Crippen LogP contribution in [0.4, 0.5) is 0 Å². The molecule has 0 spiro atoms. The summed E-state index contributed by atoms with van der Waals surface area (Å²) in [5.41, 5.74) is 1.52. The highest BCUT2D eigenvalue weighted by Gasteiger charge is 2.56. The van der Waals surface area contributed by atoms with Crippen molar-refractivity contribution in [3.05, 3.63) is 36.5 Å². The highest BCUT2D eigenvalue weighted by molar-refractivity contribution is 5.91. The van der Waals surface area contributed by atoms with Gasteiger partial charge in [0, 0.05) is 17.4 Å². The van der Waals surface area contributed by atoms with E-state index in [1.165, 1.54) is 0 Å². The van der Waals surface area contributed by atoms with Crippen LogP contribution in [-0.4, -0.2) is 87.1 Å². The molecule has 0 bridgehead atoms. The Morgan fingerprint density at radius 1 is 1.00 bits per heavy atom. The van der Waals surface area contributed by atoms with E-state index in [0.717, 1.165) is 0 Å². The van der Waals surface area contributed by atoms with Crippen molar-refractivity contribution in [3.63, 3.8) is 0 Å². The Kier molecular flexibility index (Phi) is 5.65. The maximum atomic E-state index is 12.1. The molecule has 4 rings (SSSR count). The van der Waals surface area contributed by atoms with Gasteiger partial charge in [-0.25, -0.2) is 4.79 Å². The Morgan fingerprint density at radius 3 is 2.37 bits per heavy atom. The molecular weight excluding hydrogens is 396 g/mol. The van der Waals surface area contributed by atoms with Crippen LogP contribution in [0.25, 0.3) is 0 Å². The van der Waals surface area contributed by atoms with Gasteiger partial charge < -0.3 is 39.7 Å². The van der Waals surface area contributed by atoms with E-state index >= 15 is 0 Å². The number of rotatable bonds is 3. The van der Waals surface area contributed by atoms with Gasteiger partial charge in [-0.2, -0.15) is 0 Å². The monoisotopic (exact) mass is 424 g/mol. The fraction of sp³-hybridized carbons (Fsp3) is 0.667. The van der Waals surface area contributed by atoms with E-state index in [0.29, 0.717) is 29.6 Å². The third-order valence-electron chi connectivity index (χ3n) is 6.99. The number of hydrogen-bond donors (Lipinski definition) is 5. The fourth-order valence-corrected chi connectivity index (χ4v) is 5.26. The Balaban J connectivity index is 1.59. The Hall–Kier alpha value is -1.59. The molecule has 2 saturated carbocycles. The molecule has 9 heteroatoms. The van der Waals surface area contributed by atoms with Crippen molar-refractivity contribution in [1.29, 1.82) is 0 Å². The lowest BCUT2D eigenvalue weighted by Crippen LogP contribution is -2.60. The molecule has 4 fully saturated rings. The number of ether oxygens (including phenoxy) is 3. The first-order valence-corrected chi connectivity index (χ1v) is 10.1. The SMILES string of the molecule is C=C1[C@@H]2[C@H]3OC(=O)C(=C)[C@@H]3C[C@H](O)C(=C)[C@@H]2C[C@@H]1O[C@H]1[C@@H](O)[C@H](O)[C@@H](O)O[C@H]1CO. The van der Waals surface area contributed by atoms with Crippen molar-refractivity contribution in [2.24, 2.45) is 17.8 Å². The van der Waals surface area contributed by atoms with Gasteiger partial charge in [0.15, 0.2) is 6.29 Å². The molecule has 11 atom stereocenters. The van der Waals surface area contributed by atoms with Crippen molar-refractivity contribution in [2.45, 2.75) is 61.9 Å². The van der Waals surface area contributed by atoms with Gasteiger partial charge in [-0.1, -0.05) is 19.7 Å². The van der Waals surface area contributed by atoms with E-state index in [1.807, 2.05) is 0 Å². The predicted octanol–water partition coefficient (Wildman–Crippen LogP) is -1.22. The number of hydrogen-bond acceptors (Lipinski definition) is 9. The van der Waals surface area contributed by atoms with Gasteiger partial charge in [-0.05, 0) is 29.9 Å². The minimum atomic E-state index is -1.64. The first-order chi connectivity index (χ1) is 14.1. The van der Waals surface area contributed by atoms with Crippen molar-refractivity contribution in [2.75, 3.05) is 6.61 Å². The van der Waals surface area contributed by atoms with E-state index in [9.17, 15) is 30.3 Å². The summed E-state index contributed by atoms with van der Waals surface area (Å²) in [6.45, 7) is 11.5. The summed E-state index contributed by atoms with van der Waals surface area (Å²) in [5.74, 6) is -1.47. The Labute approximate surface area is 173 Å². The van der Waals surface area contributed by atoms with Gasteiger partial charge in [-0.3, -0.25) is 0 Å². The molecule has 9 nitrogen and oxygen atoms in total. The first-order valence-electron chi connectivity index (χ1n) is 10.1. The number of fused-ring (bicyclic) bond motifs is 3. The summed E-state index contributed by atoms with van der Waals surface area (Å²) in [6.07, 6.45) is -8.25. The quantitative estimate of drug-likeness (QED) is 0.214. The second-order valence-corrected chi connectivity index (χ2v) is 8.59. The van der Waals surface area contributed by atoms with Crippen LogP contribution < -0.4 is 0 Å². The Bertz CT molecular complexity index is 762. The molecule has 0 aromatic carbocycles. The zero-order valence-corrected chi connectivity index (χ0v) is 16.5. The molecule has 5 N–H and O–H groups in total. The van der Waals surface area contributed by atoms with Crippen molar-refractivity contribution >= 4 is 5.97 Å². The molecule has 0 aromatic heterocycles. The number of carbonyl (C=O) groups excluding carboxylic acids is 1. The second kappa shape index (κ2) is 7.83. The maximum Gasteiger partial charge on any atom is 0.334 e. The molecule has 2 saturated heterocycles.